The topological polar surface area (TPSA) is 75.4 Å². The molecule has 0 aliphatic rings. The molecule has 0 unspecified atom stereocenters. The Labute approximate surface area is 184 Å². The Kier molecular flexibility index (Phi) is 9.18. The summed E-state index contributed by atoms with van der Waals surface area (Å²) in [6.07, 6.45) is 4.15. The molecule has 0 atom stereocenters. The van der Waals surface area contributed by atoms with Gasteiger partial charge in [0.05, 0.1) is 24.1 Å². The maximum absolute atomic E-state index is 12.7. The van der Waals surface area contributed by atoms with Gasteiger partial charge in [-0.1, -0.05) is 13.8 Å². The van der Waals surface area contributed by atoms with E-state index in [0.717, 1.165) is 79.7 Å². The number of pyridine rings is 1. The zero-order valence-corrected chi connectivity index (χ0v) is 18.8. The Morgan fingerprint density at radius 3 is 1.94 bits per heavy atom. The lowest BCUT2D eigenvalue weighted by Crippen LogP contribution is -2.18. The fourth-order valence-electron chi connectivity index (χ4n) is 3.55. The average Bonchev–Trinajstić information content (AvgIpc) is 2.78. The molecule has 0 fully saturated rings. The number of benzene rings is 2. The van der Waals surface area contributed by atoms with Crippen LogP contribution in [0.4, 0.5) is 0 Å². The largest absolute Gasteiger partial charge is 0.494 e. The monoisotopic (exact) mass is 425 g/mol. The van der Waals surface area contributed by atoms with E-state index < -0.39 is 0 Å². The fraction of sp³-hybridized carbons (Fsp3) is 0.480. The highest BCUT2D eigenvalue weighted by atomic mass is 16.5. The standard InChI is InChI=1S/C25H35N3O3/c1-3-11-26-13-5-15-30-19-7-9-21-22-10-8-20(31-16-6-14-27-12-4-2)18-24(22)28-25(29)23(21)17-19/h7-10,17-18,26-27H,3-6,11-16H2,1-2H3,(H,28,29). The van der Waals surface area contributed by atoms with E-state index in [2.05, 4.69) is 29.5 Å². The first-order chi connectivity index (χ1) is 15.2. The van der Waals surface area contributed by atoms with Gasteiger partial charge < -0.3 is 25.1 Å². The van der Waals surface area contributed by atoms with Gasteiger partial charge in [0, 0.05) is 11.5 Å². The van der Waals surface area contributed by atoms with E-state index in [9.17, 15) is 4.79 Å². The molecule has 0 spiro atoms. The molecule has 6 heteroatoms. The highest BCUT2D eigenvalue weighted by Gasteiger charge is 2.08. The van der Waals surface area contributed by atoms with Crippen molar-refractivity contribution in [2.45, 2.75) is 39.5 Å². The van der Waals surface area contributed by atoms with Crippen LogP contribution in [-0.4, -0.2) is 44.4 Å². The number of fused-ring (bicyclic) bond motifs is 3. The SMILES string of the molecule is CCCNCCCOc1ccc2c(c1)[nH]c(=O)c1cc(OCCCNCCC)ccc12. The van der Waals surface area contributed by atoms with Gasteiger partial charge in [-0.3, -0.25) is 4.79 Å². The smallest absolute Gasteiger partial charge is 0.256 e. The van der Waals surface area contributed by atoms with Crippen LogP contribution in [-0.2, 0) is 0 Å². The van der Waals surface area contributed by atoms with Crippen molar-refractivity contribution < 1.29 is 9.47 Å². The maximum atomic E-state index is 12.7. The second-order valence-corrected chi connectivity index (χ2v) is 7.77. The van der Waals surface area contributed by atoms with E-state index in [1.807, 2.05) is 36.4 Å². The molecule has 3 rings (SSSR count). The molecule has 0 saturated heterocycles. The summed E-state index contributed by atoms with van der Waals surface area (Å²) in [4.78, 5) is 15.7. The Bertz CT molecular complexity index is 1020. The van der Waals surface area contributed by atoms with Gasteiger partial charge in [0.25, 0.3) is 5.56 Å². The molecule has 3 aromatic rings. The summed E-state index contributed by atoms with van der Waals surface area (Å²) in [7, 11) is 0. The fourth-order valence-corrected chi connectivity index (χ4v) is 3.55. The van der Waals surface area contributed by atoms with Crippen LogP contribution in [0.1, 0.15) is 39.5 Å². The van der Waals surface area contributed by atoms with Crippen LogP contribution in [0.15, 0.2) is 41.2 Å². The van der Waals surface area contributed by atoms with Crippen molar-refractivity contribution in [1.82, 2.24) is 15.6 Å². The second kappa shape index (κ2) is 12.3. The van der Waals surface area contributed by atoms with Crippen LogP contribution in [0.2, 0.25) is 0 Å². The van der Waals surface area contributed by atoms with Crippen molar-refractivity contribution in [1.29, 1.82) is 0 Å². The first-order valence-corrected chi connectivity index (χ1v) is 11.5. The summed E-state index contributed by atoms with van der Waals surface area (Å²) in [6, 6.07) is 11.6. The normalized spacial score (nSPS) is 11.3. The molecular formula is C25H35N3O3. The molecule has 0 aliphatic carbocycles. The van der Waals surface area contributed by atoms with Crippen LogP contribution in [0.5, 0.6) is 11.5 Å². The Hall–Kier alpha value is -2.57. The van der Waals surface area contributed by atoms with Crippen molar-refractivity contribution in [2.24, 2.45) is 0 Å². The van der Waals surface area contributed by atoms with E-state index >= 15 is 0 Å². The number of aromatic amines is 1. The third-order valence-corrected chi connectivity index (χ3v) is 5.15. The molecule has 168 valence electrons. The Balaban J connectivity index is 1.65. The zero-order valence-electron chi connectivity index (χ0n) is 18.8. The van der Waals surface area contributed by atoms with Crippen LogP contribution >= 0.6 is 0 Å². The molecule has 6 nitrogen and oxygen atoms in total. The van der Waals surface area contributed by atoms with Gasteiger partial charge in [-0.05, 0) is 87.6 Å². The number of H-pyrrole nitrogens is 1. The van der Waals surface area contributed by atoms with E-state index in [-0.39, 0.29) is 5.56 Å². The summed E-state index contributed by atoms with van der Waals surface area (Å²) in [5.41, 5.74) is 0.674. The lowest BCUT2D eigenvalue weighted by molar-refractivity contribution is 0.308. The highest BCUT2D eigenvalue weighted by Crippen LogP contribution is 2.27. The number of hydrogen-bond donors (Lipinski definition) is 3. The van der Waals surface area contributed by atoms with Crippen molar-refractivity contribution in [3.8, 4) is 11.5 Å². The van der Waals surface area contributed by atoms with Gasteiger partial charge in [-0.2, -0.15) is 0 Å². The minimum Gasteiger partial charge on any atom is -0.494 e. The van der Waals surface area contributed by atoms with Crippen molar-refractivity contribution in [2.75, 3.05) is 39.4 Å². The van der Waals surface area contributed by atoms with Gasteiger partial charge >= 0.3 is 0 Å². The lowest BCUT2D eigenvalue weighted by Gasteiger charge is -2.11. The van der Waals surface area contributed by atoms with Crippen LogP contribution < -0.4 is 25.7 Å². The van der Waals surface area contributed by atoms with E-state index in [0.29, 0.717) is 18.6 Å². The van der Waals surface area contributed by atoms with Gasteiger partial charge in [0.2, 0.25) is 0 Å². The number of rotatable bonds is 14. The minimum absolute atomic E-state index is 0.113. The quantitative estimate of drug-likeness (QED) is 0.266. The summed E-state index contributed by atoms with van der Waals surface area (Å²) in [6.45, 7) is 9.53. The molecule has 3 N–H and O–H groups in total. The van der Waals surface area contributed by atoms with Crippen molar-refractivity contribution >= 4 is 21.7 Å². The van der Waals surface area contributed by atoms with E-state index in [1.54, 1.807) is 0 Å². The highest BCUT2D eigenvalue weighted by molar-refractivity contribution is 6.05. The van der Waals surface area contributed by atoms with E-state index in [4.69, 9.17) is 9.47 Å². The molecule has 0 aliphatic heterocycles. The summed E-state index contributed by atoms with van der Waals surface area (Å²) in [5.74, 6) is 1.50. The van der Waals surface area contributed by atoms with Crippen LogP contribution in [0.3, 0.4) is 0 Å². The third-order valence-electron chi connectivity index (χ3n) is 5.15. The predicted octanol–water partition coefficient (Wildman–Crippen LogP) is 4.22. The molecule has 0 bridgehead atoms. The molecule has 2 aromatic carbocycles. The summed E-state index contributed by atoms with van der Waals surface area (Å²) < 4.78 is 11.7. The first-order valence-electron chi connectivity index (χ1n) is 11.5. The van der Waals surface area contributed by atoms with E-state index in [1.165, 1.54) is 0 Å². The predicted molar refractivity (Wildman–Crippen MR) is 129 cm³/mol. The number of ether oxygens (including phenoxy) is 2. The molecular weight excluding hydrogens is 390 g/mol. The molecule has 0 saturated carbocycles. The Morgan fingerprint density at radius 1 is 0.742 bits per heavy atom. The van der Waals surface area contributed by atoms with Gasteiger partial charge in [-0.15, -0.1) is 0 Å². The number of hydrogen-bond acceptors (Lipinski definition) is 5. The molecule has 0 amide bonds. The molecule has 0 radical (unpaired) electrons. The number of nitrogens with one attached hydrogen (secondary N) is 3. The van der Waals surface area contributed by atoms with Crippen LogP contribution in [0, 0.1) is 0 Å². The summed E-state index contributed by atoms with van der Waals surface area (Å²) in [5, 5.41) is 9.29. The first kappa shape index (κ1) is 23.1. The summed E-state index contributed by atoms with van der Waals surface area (Å²) >= 11 is 0. The van der Waals surface area contributed by atoms with Crippen LogP contribution in [0.25, 0.3) is 21.7 Å². The van der Waals surface area contributed by atoms with Gasteiger partial charge in [0.15, 0.2) is 0 Å². The number of aromatic nitrogens is 1. The van der Waals surface area contributed by atoms with Gasteiger partial charge in [-0.25, -0.2) is 0 Å². The molecule has 31 heavy (non-hydrogen) atoms. The maximum Gasteiger partial charge on any atom is 0.256 e. The minimum atomic E-state index is -0.113. The third kappa shape index (κ3) is 6.71. The molecule has 1 heterocycles. The van der Waals surface area contributed by atoms with Crippen molar-refractivity contribution in [3.05, 3.63) is 46.8 Å². The lowest BCUT2D eigenvalue weighted by atomic mass is 10.1. The average molecular weight is 426 g/mol. The van der Waals surface area contributed by atoms with Crippen molar-refractivity contribution in [3.63, 3.8) is 0 Å². The second-order valence-electron chi connectivity index (χ2n) is 7.77. The Morgan fingerprint density at radius 2 is 1.32 bits per heavy atom. The zero-order chi connectivity index (χ0) is 21.9. The van der Waals surface area contributed by atoms with Gasteiger partial charge in [0.1, 0.15) is 11.5 Å². The molecule has 1 aromatic heterocycles.